The van der Waals surface area contributed by atoms with E-state index in [2.05, 4.69) is 75.4 Å². The largest absolute Gasteiger partial charge is 0.507 e. The zero-order valence-corrected chi connectivity index (χ0v) is 19.9. The Hall–Kier alpha value is -3.59. The lowest BCUT2D eigenvalue weighted by Crippen LogP contribution is -2.29. The highest BCUT2D eigenvalue weighted by molar-refractivity contribution is 6.17. The molecule has 0 amide bonds. The second kappa shape index (κ2) is 8.32. The predicted molar refractivity (Wildman–Crippen MR) is 138 cm³/mol. The summed E-state index contributed by atoms with van der Waals surface area (Å²) < 4.78 is 0. The number of aromatic hydroxyl groups is 1. The van der Waals surface area contributed by atoms with E-state index in [4.69, 9.17) is 0 Å². The number of benzene rings is 3. The summed E-state index contributed by atoms with van der Waals surface area (Å²) in [6.45, 7) is 6.65. The monoisotopic (exact) mass is 450 g/mol. The molecule has 0 heterocycles. The zero-order valence-electron chi connectivity index (χ0n) is 19.9. The molecule has 3 heteroatoms. The van der Waals surface area contributed by atoms with Gasteiger partial charge in [0, 0.05) is 0 Å². The Morgan fingerprint density at radius 2 is 1.53 bits per heavy atom. The minimum Gasteiger partial charge on any atom is -0.507 e. The topological polar surface area (TPSA) is 57.5 Å². The second-order valence-corrected chi connectivity index (χ2v) is 10.5. The molecule has 3 nitrogen and oxygen atoms in total. The third-order valence-corrected chi connectivity index (χ3v) is 7.33. The molecule has 0 aromatic heterocycles. The summed E-state index contributed by atoms with van der Waals surface area (Å²) in [7, 11) is 0. The Morgan fingerprint density at radius 1 is 0.912 bits per heavy atom. The molecule has 3 aromatic rings. The van der Waals surface area contributed by atoms with Gasteiger partial charge in [-0.05, 0) is 81.2 Å². The first-order valence-corrected chi connectivity index (χ1v) is 11.9. The summed E-state index contributed by atoms with van der Waals surface area (Å²) in [5, 5.41) is 20.5. The van der Waals surface area contributed by atoms with Crippen molar-refractivity contribution in [3.05, 3.63) is 107 Å². The van der Waals surface area contributed by atoms with Crippen molar-refractivity contribution in [2.75, 3.05) is 0 Å². The molecule has 172 valence electrons. The highest BCUT2D eigenvalue weighted by Gasteiger charge is 2.40. The number of carbonyl (C=O) groups is 1. The van der Waals surface area contributed by atoms with Crippen molar-refractivity contribution < 1.29 is 15.0 Å². The van der Waals surface area contributed by atoms with E-state index < -0.39 is 5.97 Å². The highest BCUT2D eigenvalue weighted by atomic mass is 16.4. The number of hydrogen-bond acceptors (Lipinski definition) is 2. The maximum absolute atomic E-state index is 11.9. The van der Waals surface area contributed by atoms with Gasteiger partial charge in [0.25, 0.3) is 0 Å². The normalized spacial score (nSPS) is 19.8. The molecule has 0 fully saturated rings. The Morgan fingerprint density at radius 3 is 2.12 bits per heavy atom. The average molecular weight is 451 g/mol. The van der Waals surface area contributed by atoms with Crippen LogP contribution in [0.15, 0.2) is 78.9 Å². The van der Waals surface area contributed by atoms with Crippen molar-refractivity contribution in [2.45, 2.75) is 39.5 Å². The molecule has 2 N–H and O–H groups in total. The fourth-order valence-corrected chi connectivity index (χ4v) is 5.72. The summed E-state index contributed by atoms with van der Waals surface area (Å²) in [4.78, 5) is 11.9. The van der Waals surface area contributed by atoms with Gasteiger partial charge in [-0.25, -0.2) is 4.79 Å². The Bertz CT molecular complexity index is 1310. The number of rotatable bonds is 3. The number of allylic oxidation sites excluding steroid dienone is 4. The van der Waals surface area contributed by atoms with Gasteiger partial charge in [0.1, 0.15) is 11.3 Å². The maximum atomic E-state index is 11.9. The molecule has 3 aromatic carbocycles. The summed E-state index contributed by atoms with van der Waals surface area (Å²) in [5.41, 5.74) is 7.84. The third kappa shape index (κ3) is 3.75. The first-order valence-electron chi connectivity index (χ1n) is 11.9. The van der Waals surface area contributed by atoms with Crippen molar-refractivity contribution in [2.24, 2.45) is 11.3 Å². The SMILES string of the molecule is CC(C)(C)[C@@H]1CC2CC=C(c3ccccc3)C(c3ccccc3)=C2c2cc(O)c(C(=O)O)cc21. The van der Waals surface area contributed by atoms with Gasteiger partial charge >= 0.3 is 5.97 Å². The minimum absolute atomic E-state index is 0.0251. The van der Waals surface area contributed by atoms with Gasteiger partial charge in [-0.2, -0.15) is 0 Å². The highest BCUT2D eigenvalue weighted by Crippen LogP contribution is 2.57. The van der Waals surface area contributed by atoms with Gasteiger partial charge in [-0.1, -0.05) is 87.5 Å². The summed E-state index contributed by atoms with van der Waals surface area (Å²) in [6.07, 6.45) is 4.23. The smallest absolute Gasteiger partial charge is 0.339 e. The Labute approximate surface area is 201 Å². The summed E-state index contributed by atoms with van der Waals surface area (Å²) in [5.74, 6) is -0.774. The third-order valence-electron chi connectivity index (χ3n) is 7.33. The van der Waals surface area contributed by atoms with Gasteiger partial charge in [0.05, 0.1) is 0 Å². The van der Waals surface area contributed by atoms with Gasteiger partial charge in [-0.15, -0.1) is 0 Å². The van der Waals surface area contributed by atoms with E-state index in [0.717, 1.165) is 35.1 Å². The number of fused-ring (bicyclic) bond motifs is 3. The molecule has 0 spiro atoms. The molecular weight excluding hydrogens is 420 g/mol. The molecular formula is C31H30O3. The van der Waals surface area contributed by atoms with E-state index in [9.17, 15) is 15.0 Å². The predicted octanol–water partition coefficient (Wildman–Crippen LogP) is 7.64. The molecule has 2 aliphatic rings. The van der Waals surface area contributed by atoms with Crippen molar-refractivity contribution in [1.29, 1.82) is 0 Å². The minimum atomic E-state index is -1.10. The van der Waals surface area contributed by atoms with Gasteiger partial charge in [0.2, 0.25) is 0 Å². The first-order chi connectivity index (χ1) is 16.3. The molecule has 0 bridgehead atoms. The standard InChI is InChI=1S/C31H30O3/c1-31(2,3)26-16-21-14-15-22(19-10-6-4-7-11-19)28(20-12-8-5-9-13-20)29(21)24-18-27(32)25(30(33)34)17-23(24)26/h4-13,15,17-18,21,26,32H,14,16H2,1-3H3,(H,33,34)/t21?,26-/m1/s1. The van der Waals surface area contributed by atoms with Crippen LogP contribution in [0.4, 0.5) is 0 Å². The van der Waals surface area contributed by atoms with E-state index in [1.54, 1.807) is 12.1 Å². The van der Waals surface area contributed by atoms with Crippen molar-refractivity contribution >= 4 is 22.7 Å². The Balaban J connectivity index is 1.85. The second-order valence-electron chi connectivity index (χ2n) is 10.5. The number of aromatic carboxylic acids is 1. The molecule has 0 saturated heterocycles. The van der Waals surface area contributed by atoms with Gasteiger partial charge in [0.15, 0.2) is 0 Å². The molecule has 34 heavy (non-hydrogen) atoms. The lowest BCUT2D eigenvalue weighted by Gasteiger charge is -2.43. The Kier molecular flexibility index (Phi) is 5.44. The van der Waals surface area contributed by atoms with Crippen LogP contribution in [0.25, 0.3) is 16.7 Å². The number of phenols is 1. The van der Waals surface area contributed by atoms with Crippen molar-refractivity contribution in [3.8, 4) is 5.75 Å². The van der Waals surface area contributed by atoms with Crippen molar-refractivity contribution in [3.63, 3.8) is 0 Å². The van der Waals surface area contributed by atoms with Crippen LogP contribution in [-0.4, -0.2) is 16.2 Å². The number of hydrogen-bond donors (Lipinski definition) is 2. The van der Waals surface area contributed by atoms with E-state index in [1.807, 2.05) is 12.1 Å². The van der Waals surface area contributed by atoms with Crippen LogP contribution in [0.3, 0.4) is 0 Å². The van der Waals surface area contributed by atoms with E-state index >= 15 is 0 Å². The van der Waals surface area contributed by atoms with Crippen LogP contribution in [-0.2, 0) is 0 Å². The quantitative estimate of drug-likeness (QED) is 0.431. The molecule has 2 aliphatic carbocycles. The van der Waals surface area contributed by atoms with Crippen LogP contribution in [0, 0.1) is 11.3 Å². The molecule has 0 saturated carbocycles. The van der Waals surface area contributed by atoms with Crippen LogP contribution in [0.1, 0.15) is 72.1 Å². The molecule has 5 rings (SSSR count). The zero-order chi connectivity index (χ0) is 24.0. The van der Waals surface area contributed by atoms with Crippen LogP contribution < -0.4 is 0 Å². The number of carboxylic acid groups (broad SMARTS) is 1. The molecule has 0 radical (unpaired) electrons. The number of carboxylic acids is 1. The van der Waals surface area contributed by atoms with Crippen molar-refractivity contribution in [1.82, 2.24) is 0 Å². The van der Waals surface area contributed by atoms with E-state index in [-0.39, 0.29) is 22.6 Å². The average Bonchev–Trinajstić information content (AvgIpc) is 2.82. The lowest BCUT2D eigenvalue weighted by molar-refractivity contribution is 0.0693. The molecule has 2 atom stereocenters. The fraction of sp³-hybridized carbons (Fsp3) is 0.258. The summed E-state index contributed by atoms with van der Waals surface area (Å²) >= 11 is 0. The van der Waals surface area contributed by atoms with Crippen LogP contribution in [0.5, 0.6) is 5.75 Å². The maximum Gasteiger partial charge on any atom is 0.339 e. The molecule has 1 unspecified atom stereocenters. The van der Waals surface area contributed by atoms with Crippen LogP contribution >= 0.6 is 0 Å². The van der Waals surface area contributed by atoms with Gasteiger partial charge < -0.3 is 10.2 Å². The van der Waals surface area contributed by atoms with E-state index in [0.29, 0.717) is 5.92 Å². The fourth-order valence-electron chi connectivity index (χ4n) is 5.72. The van der Waals surface area contributed by atoms with Crippen LogP contribution in [0.2, 0.25) is 0 Å². The summed E-state index contributed by atoms with van der Waals surface area (Å²) in [6, 6.07) is 24.3. The lowest BCUT2D eigenvalue weighted by atomic mass is 9.61. The van der Waals surface area contributed by atoms with Gasteiger partial charge in [-0.3, -0.25) is 0 Å². The van der Waals surface area contributed by atoms with E-state index in [1.165, 1.54) is 16.7 Å². The first kappa shape index (κ1) is 22.2. The molecule has 0 aliphatic heterocycles.